The lowest BCUT2D eigenvalue weighted by Crippen LogP contribution is -2.28. The minimum absolute atomic E-state index is 0.0213. The van der Waals surface area contributed by atoms with Crippen molar-refractivity contribution >= 4 is 22.1 Å². The van der Waals surface area contributed by atoms with E-state index in [-0.39, 0.29) is 24.0 Å². The van der Waals surface area contributed by atoms with E-state index < -0.39 is 16.0 Å². The molecule has 0 aromatic heterocycles. The third kappa shape index (κ3) is 6.07. The van der Waals surface area contributed by atoms with Gasteiger partial charge in [-0.2, -0.15) is 0 Å². The van der Waals surface area contributed by atoms with Crippen molar-refractivity contribution in [1.82, 2.24) is 4.72 Å². The topological polar surface area (TPSA) is 104 Å². The van der Waals surface area contributed by atoms with E-state index in [0.29, 0.717) is 12.0 Å². The molecule has 0 aliphatic heterocycles. The largest absolute Gasteiger partial charge is 0.478 e. The summed E-state index contributed by atoms with van der Waals surface area (Å²) < 4.78 is 26.5. The molecule has 7 heteroatoms. The molecule has 0 heterocycles. The van der Waals surface area contributed by atoms with Gasteiger partial charge in [0.1, 0.15) is 0 Å². The summed E-state index contributed by atoms with van der Waals surface area (Å²) in [5.41, 5.74) is 0.602. The number of hydrogen-bond acceptors (Lipinski definition) is 4. The van der Waals surface area contributed by atoms with E-state index in [4.69, 9.17) is 10.2 Å². The average molecular weight is 313 g/mol. The molecule has 1 rings (SSSR count). The second-order valence-electron chi connectivity index (χ2n) is 4.71. The van der Waals surface area contributed by atoms with Crippen LogP contribution < -0.4 is 4.72 Å². The third-order valence-corrected chi connectivity index (χ3v) is 4.29. The van der Waals surface area contributed by atoms with Crippen LogP contribution in [0.2, 0.25) is 0 Å². The maximum absolute atomic E-state index is 12.0. The van der Waals surface area contributed by atoms with Crippen LogP contribution in [0.1, 0.15) is 18.9 Å². The van der Waals surface area contributed by atoms with Crippen molar-refractivity contribution in [1.29, 1.82) is 0 Å². The first-order chi connectivity index (χ1) is 9.85. The molecule has 0 aliphatic rings. The zero-order valence-electron chi connectivity index (χ0n) is 11.7. The molecule has 0 aliphatic carbocycles. The van der Waals surface area contributed by atoms with Gasteiger partial charge in [-0.25, -0.2) is 17.9 Å². The molecule has 0 bridgehead atoms. The van der Waals surface area contributed by atoms with E-state index >= 15 is 0 Å². The first kappa shape index (κ1) is 17.4. The van der Waals surface area contributed by atoms with Crippen LogP contribution in [0.25, 0.3) is 6.08 Å². The van der Waals surface area contributed by atoms with Gasteiger partial charge in [0.2, 0.25) is 10.0 Å². The molecule has 1 aromatic carbocycles. The minimum atomic E-state index is -3.59. The number of carboxylic acids is 1. The molecular formula is C14H19NO5S. The van der Waals surface area contributed by atoms with Gasteiger partial charge in [-0.15, -0.1) is 0 Å². The number of rotatable bonds is 8. The Bertz CT molecular complexity index is 592. The molecular weight excluding hydrogens is 294 g/mol. The Morgan fingerprint density at radius 3 is 2.48 bits per heavy atom. The molecule has 0 saturated carbocycles. The van der Waals surface area contributed by atoms with Crippen molar-refractivity contribution in [3.63, 3.8) is 0 Å². The van der Waals surface area contributed by atoms with E-state index in [1.54, 1.807) is 0 Å². The number of nitrogens with one attached hydrogen (secondary N) is 1. The maximum Gasteiger partial charge on any atom is 0.328 e. The SMILES string of the molecule is CC(CCO)CNS(=O)(=O)c1ccc(C=CC(=O)O)cc1. The number of hydrogen-bond donors (Lipinski definition) is 3. The number of carboxylic acid groups (broad SMARTS) is 1. The number of aliphatic hydroxyl groups excluding tert-OH is 1. The van der Waals surface area contributed by atoms with Gasteiger partial charge in [0.05, 0.1) is 4.90 Å². The zero-order valence-corrected chi connectivity index (χ0v) is 12.5. The molecule has 6 nitrogen and oxygen atoms in total. The Hall–Kier alpha value is -1.70. The van der Waals surface area contributed by atoms with Crippen molar-refractivity contribution in [3.8, 4) is 0 Å². The molecule has 0 fully saturated rings. The van der Waals surface area contributed by atoms with Crippen molar-refractivity contribution < 1.29 is 23.4 Å². The number of benzene rings is 1. The molecule has 0 spiro atoms. The van der Waals surface area contributed by atoms with Crippen LogP contribution in [-0.2, 0) is 14.8 Å². The summed E-state index contributed by atoms with van der Waals surface area (Å²) >= 11 is 0. The summed E-state index contributed by atoms with van der Waals surface area (Å²) in [6, 6.07) is 5.90. The number of carbonyl (C=O) groups is 1. The Labute approximate surface area is 124 Å². The molecule has 0 radical (unpaired) electrons. The summed E-state index contributed by atoms with van der Waals surface area (Å²) in [5, 5.41) is 17.3. The van der Waals surface area contributed by atoms with Crippen molar-refractivity contribution in [2.24, 2.45) is 5.92 Å². The standard InChI is InChI=1S/C14H19NO5S/c1-11(8-9-16)10-15-21(19,20)13-5-2-12(3-6-13)4-7-14(17)18/h2-7,11,15-16H,8-10H2,1H3,(H,17,18). The summed E-state index contributed by atoms with van der Waals surface area (Å²) in [5.74, 6) is -1.02. The predicted octanol–water partition coefficient (Wildman–Crippen LogP) is 1.08. The highest BCUT2D eigenvalue weighted by atomic mass is 32.2. The van der Waals surface area contributed by atoms with Crippen LogP contribution in [0.15, 0.2) is 35.2 Å². The van der Waals surface area contributed by atoms with Crippen LogP contribution in [0.4, 0.5) is 0 Å². The van der Waals surface area contributed by atoms with Gasteiger partial charge in [0.25, 0.3) is 0 Å². The highest BCUT2D eigenvalue weighted by Gasteiger charge is 2.14. The second kappa shape index (κ2) is 7.92. The molecule has 21 heavy (non-hydrogen) atoms. The fourth-order valence-electron chi connectivity index (χ4n) is 1.58. The Morgan fingerprint density at radius 1 is 1.33 bits per heavy atom. The van der Waals surface area contributed by atoms with E-state index in [0.717, 1.165) is 6.08 Å². The first-order valence-corrected chi connectivity index (χ1v) is 7.95. The van der Waals surface area contributed by atoms with Crippen molar-refractivity contribution in [2.75, 3.05) is 13.2 Å². The summed E-state index contributed by atoms with van der Waals surface area (Å²) in [4.78, 5) is 10.5. The molecule has 1 aromatic rings. The third-order valence-electron chi connectivity index (χ3n) is 2.85. The van der Waals surface area contributed by atoms with Crippen molar-refractivity contribution in [3.05, 3.63) is 35.9 Å². The smallest absolute Gasteiger partial charge is 0.328 e. The van der Waals surface area contributed by atoms with Gasteiger partial charge < -0.3 is 10.2 Å². The van der Waals surface area contributed by atoms with Crippen LogP contribution in [0.5, 0.6) is 0 Å². The summed E-state index contributed by atoms with van der Waals surface area (Å²) in [6.07, 6.45) is 2.90. The molecule has 3 N–H and O–H groups in total. The quantitative estimate of drug-likeness (QED) is 0.623. The van der Waals surface area contributed by atoms with E-state index in [1.807, 2.05) is 6.92 Å². The van der Waals surface area contributed by atoms with Crippen LogP contribution >= 0.6 is 0 Å². The molecule has 1 unspecified atom stereocenters. The highest BCUT2D eigenvalue weighted by molar-refractivity contribution is 7.89. The fourth-order valence-corrected chi connectivity index (χ4v) is 2.75. The number of aliphatic hydroxyl groups is 1. The molecule has 0 amide bonds. The Morgan fingerprint density at radius 2 is 1.95 bits per heavy atom. The van der Waals surface area contributed by atoms with Crippen molar-refractivity contribution in [2.45, 2.75) is 18.2 Å². The normalized spacial score (nSPS) is 13.4. The fraction of sp³-hybridized carbons (Fsp3) is 0.357. The maximum atomic E-state index is 12.0. The van der Waals surface area contributed by atoms with Gasteiger partial charge in [0.15, 0.2) is 0 Å². The lowest BCUT2D eigenvalue weighted by molar-refractivity contribution is -0.131. The summed E-state index contributed by atoms with van der Waals surface area (Å²) in [7, 11) is -3.59. The van der Waals surface area contributed by atoms with E-state index in [2.05, 4.69) is 4.72 Å². The van der Waals surface area contributed by atoms with Gasteiger partial charge in [0, 0.05) is 19.2 Å². The predicted molar refractivity (Wildman–Crippen MR) is 79.2 cm³/mol. The lowest BCUT2D eigenvalue weighted by atomic mass is 10.1. The first-order valence-electron chi connectivity index (χ1n) is 6.46. The van der Waals surface area contributed by atoms with E-state index in [1.165, 1.54) is 30.3 Å². The van der Waals surface area contributed by atoms with Gasteiger partial charge in [-0.1, -0.05) is 19.1 Å². The molecule has 116 valence electrons. The lowest BCUT2D eigenvalue weighted by Gasteiger charge is -2.11. The van der Waals surface area contributed by atoms with Crippen LogP contribution in [0.3, 0.4) is 0 Å². The molecule has 0 saturated heterocycles. The Kier molecular flexibility index (Phi) is 6.54. The Balaban J connectivity index is 2.73. The number of sulfonamides is 1. The van der Waals surface area contributed by atoms with Crippen LogP contribution in [-0.4, -0.2) is 37.8 Å². The van der Waals surface area contributed by atoms with Gasteiger partial charge in [-0.05, 0) is 36.1 Å². The van der Waals surface area contributed by atoms with Crippen LogP contribution in [0, 0.1) is 5.92 Å². The van der Waals surface area contributed by atoms with Gasteiger partial charge in [-0.3, -0.25) is 0 Å². The summed E-state index contributed by atoms with van der Waals surface area (Å²) in [6.45, 7) is 2.12. The van der Waals surface area contributed by atoms with Gasteiger partial charge >= 0.3 is 5.97 Å². The average Bonchev–Trinajstić information content (AvgIpc) is 2.44. The van der Waals surface area contributed by atoms with E-state index in [9.17, 15) is 13.2 Å². The monoisotopic (exact) mass is 313 g/mol. The minimum Gasteiger partial charge on any atom is -0.478 e. The number of aliphatic carboxylic acids is 1. The zero-order chi connectivity index (χ0) is 15.9. The molecule has 1 atom stereocenters. The highest BCUT2D eigenvalue weighted by Crippen LogP contribution is 2.12. The second-order valence-corrected chi connectivity index (χ2v) is 6.48.